The Morgan fingerprint density at radius 1 is 1.25 bits per heavy atom. The number of carbonyl (C=O) groups excluding carboxylic acids is 1. The van der Waals surface area contributed by atoms with E-state index in [1.165, 1.54) is 18.6 Å². The number of anilines is 1. The summed E-state index contributed by atoms with van der Waals surface area (Å²) >= 11 is 0. The molecule has 4 nitrogen and oxygen atoms in total. The maximum absolute atomic E-state index is 13.0. The van der Waals surface area contributed by atoms with E-state index in [4.69, 9.17) is 0 Å². The van der Waals surface area contributed by atoms with Crippen molar-refractivity contribution in [3.8, 4) is 0 Å². The smallest absolute Gasteiger partial charge is 0.319 e. The Morgan fingerprint density at radius 2 is 2.10 bits per heavy atom. The third kappa shape index (κ3) is 3.10. The number of urea groups is 1. The number of hydrogen-bond acceptors (Lipinski definition) is 2. The molecule has 0 bridgehead atoms. The summed E-state index contributed by atoms with van der Waals surface area (Å²) in [6.45, 7) is 2.18. The van der Waals surface area contributed by atoms with Crippen LogP contribution in [0.1, 0.15) is 19.3 Å². The number of benzene rings is 1. The first-order valence-corrected chi connectivity index (χ1v) is 7.24. The molecule has 3 N–H and O–H groups in total. The molecule has 3 rings (SSSR count). The van der Waals surface area contributed by atoms with Crippen LogP contribution in [0.3, 0.4) is 0 Å². The van der Waals surface area contributed by atoms with E-state index in [9.17, 15) is 9.18 Å². The van der Waals surface area contributed by atoms with E-state index >= 15 is 0 Å². The summed E-state index contributed by atoms with van der Waals surface area (Å²) in [5.74, 6) is 1.11. The first kappa shape index (κ1) is 13.4. The van der Waals surface area contributed by atoms with Gasteiger partial charge in [0.1, 0.15) is 5.82 Å². The van der Waals surface area contributed by atoms with E-state index in [0.29, 0.717) is 11.6 Å². The molecular formula is C15H20FN3O. The lowest BCUT2D eigenvalue weighted by Crippen LogP contribution is -2.42. The van der Waals surface area contributed by atoms with Crippen LogP contribution in [0.15, 0.2) is 24.3 Å². The van der Waals surface area contributed by atoms with Crippen molar-refractivity contribution >= 4 is 11.7 Å². The number of hydrogen-bond donors (Lipinski definition) is 3. The molecule has 0 radical (unpaired) electrons. The van der Waals surface area contributed by atoms with Crippen LogP contribution in [-0.2, 0) is 0 Å². The third-order valence-electron chi connectivity index (χ3n) is 4.37. The van der Waals surface area contributed by atoms with Crippen molar-refractivity contribution in [3.05, 3.63) is 30.1 Å². The van der Waals surface area contributed by atoms with Crippen LogP contribution in [0, 0.1) is 17.7 Å². The molecule has 2 amide bonds. The molecule has 108 valence electrons. The van der Waals surface area contributed by atoms with E-state index in [0.717, 1.165) is 31.8 Å². The van der Waals surface area contributed by atoms with Crippen molar-refractivity contribution in [1.82, 2.24) is 10.6 Å². The maximum Gasteiger partial charge on any atom is 0.319 e. The highest BCUT2D eigenvalue weighted by Gasteiger charge is 2.34. The summed E-state index contributed by atoms with van der Waals surface area (Å²) in [5, 5.41) is 9.10. The monoisotopic (exact) mass is 277 g/mol. The average molecular weight is 277 g/mol. The molecule has 1 saturated heterocycles. The maximum atomic E-state index is 13.0. The van der Waals surface area contributed by atoms with Gasteiger partial charge in [0.15, 0.2) is 0 Å². The second-order valence-electron chi connectivity index (χ2n) is 5.80. The predicted octanol–water partition coefficient (Wildman–Crippen LogP) is 2.34. The number of nitrogens with one attached hydrogen (secondary N) is 3. The topological polar surface area (TPSA) is 53.2 Å². The van der Waals surface area contributed by atoms with Gasteiger partial charge in [0, 0.05) is 11.7 Å². The van der Waals surface area contributed by atoms with Gasteiger partial charge in [-0.05, 0) is 62.4 Å². The molecule has 1 aliphatic carbocycles. The Bertz CT molecular complexity index is 494. The molecule has 0 aromatic heterocycles. The summed E-state index contributed by atoms with van der Waals surface area (Å²) in [4.78, 5) is 11.9. The summed E-state index contributed by atoms with van der Waals surface area (Å²) in [6, 6.07) is 5.92. The van der Waals surface area contributed by atoms with Crippen LogP contribution < -0.4 is 16.0 Å². The average Bonchev–Trinajstić information content (AvgIpc) is 2.86. The van der Waals surface area contributed by atoms with Gasteiger partial charge in [0.25, 0.3) is 0 Å². The lowest BCUT2D eigenvalue weighted by atomic mass is 9.79. The van der Waals surface area contributed by atoms with Crippen LogP contribution in [0.2, 0.25) is 0 Å². The summed E-state index contributed by atoms with van der Waals surface area (Å²) in [5.41, 5.74) is 0.485. The van der Waals surface area contributed by atoms with Gasteiger partial charge in [-0.3, -0.25) is 0 Å². The van der Waals surface area contributed by atoms with Crippen LogP contribution in [0.4, 0.5) is 14.9 Å². The Balaban J connectivity index is 1.51. The first-order chi connectivity index (χ1) is 9.70. The first-order valence-electron chi connectivity index (χ1n) is 7.24. The van der Waals surface area contributed by atoms with Crippen LogP contribution >= 0.6 is 0 Å². The molecule has 2 aliphatic rings. The van der Waals surface area contributed by atoms with Crippen LogP contribution in [0.5, 0.6) is 0 Å². The molecule has 20 heavy (non-hydrogen) atoms. The largest absolute Gasteiger partial charge is 0.335 e. The zero-order valence-corrected chi connectivity index (χ0v) is 11.4. The van der Waals surface area contributed by atoms with Gasteiger partial charge < -0.3 is 16.0 Å². The molecule has 0 spiro atoms. The third-order valence-corrected chi connectivity index (χ3v) is 4.37. The van der Waals surface area contributed by atoms with Gasteiger partial charge in [-0.2, -0.15) is 0 Å². The fourth-order valence-corrected chi connectivity index (χ4v) is 3.35. The molecule has 1 saturated carbocycles. The molecule has 5 heteroatoms. The van der Waals surface area contributed by atoms with Crippen molar-refractivity contribution in [3.63, 3.8) is 0 Å². The van der Waals surface area contributed by atoms with Crippen molar-refractivity contribution in [1.29, 1.82) is 0 Å². The number of carbonyl (C=O) groups is 1. The van der Waals surface area contributed by atoms with Crippen molar-refractivity contribution in [2.45, 2.75) is 25.3 Å². The fraction of sp³-hybridized carbons (Fsp3) is 0.533. The zero-order valence-electron chi connectivity index (χ0n) is 11.4. The quantitative estimate of drug-likeness (QED) is 0.777. The molecule has 1 unspecified atom stereocenters. The summed E-state index contributed by atoms with van der Waals surface area (Å²) in [6.07, 6.45) is 3.23. The van der Waals surface area contributed by atoms with E-state index in [1.807, 2.05) is 0 Å². The minimum absolute atomic E-state index is 0.227. The molecule has 1 heterocycles. The van der Waals surface area contributed by atoms with Gasteiger partial charge in [0.2, 0.25) is 0 Å². The van der Waals surface area contributed by atoms with Crippen LogP contribution in [-0.4, -0.2) is 25.2 Å². The molecule has 3 atom stereocenters. The van der Waals surface area contributed by atoms with Gasteiger partial charge in [0.05, 0.1) is 0 Å². The number of halogens is 1. The number of rotatable bonds is 2. The highest BCUT2D eigenvalue weighted by Crippen LogP contribution is 2.32. The van der Waals surface area contributed by atoms with E-state index < -0.39 is 0 Å². The number of amides is 2. The molecule has 1 aliphatic heterocycles. The molecule has 1 aromatic rings. The van der Waals surface area contributed by atoms with Crippen LogP contribution in [0.25, 0.3) is 0 Å². The van der Waals surface area contributed by atoms with E-state index in [1.54, 1.807) is 12.1 Å². The minimum atomic E-state index is -0.347. The summed E-state index contributed by atoms with van der Waals surface area (Å²) in [7, 11) is 0. The Labute approximate surface area is 118 Å². The Morgan fingerprint density at radius 3 is 2.95 bits per heavy atom. The van der Waals surface area contributed by atoms with Crippen molar-refractivity contribution in [2.75, 3.05) is 18.4 Å². The standard InChI is InChI=1S/C15H20FN3O/c16-12-2-1-3-13(7-12)18-15(20)19-14-5-4-10-8-17-9-11(10)6-14/h1-3,7,10-11,14,17H,4-6,8-9H2,(H2,18,19,20)/t10-,11+,14?/m0/s1. The molecule has 1 aromatic carbocycles. The highest BCUT2D eigenvalue weighted by atomic mass is 19.1. The lowest BCUT2D eigenvalue weighted by molar-refractivity contribution is 0.224. The van der Waals surface area contributed by atoms with Gasteiger partial charge in [-0.15, -0.1) is 0 Å². The van der Waals surface area contributed by atoms with Gasteiger partial charge in [-0.25, -0.2) is 9.18 Å². The SMILES string of the molecule is O=C(Nc1cccc(F)c1)NC1CC[C@H]2CNC[C@H]2C1. The molecular weight excluding hydrogens is 257 g/mol. The normalized spacial score (nSPS) is 28.8. The number of fused-ring (bicyclic) bond motifs is 1. The van der Waals surface area contributed by atoms with Gasteiger partial charge in [-0.1, -0.05) is 6.07 Å². The fourth-order valence-electron chi connectivity index (χ4n) is 3.35. The Kier molecular flexibility index (Phi) is 3.87. The van der Waals surface area contributed by atoms with Crippen molar-refractivity contribution < 1.29 is 9.18 Å². The second-order valence-corrected chi connectivity index (χ2v) is 5.80. The Hall–Kier alpha value is -1.62. The predicted molar refractivity (Wildman–Crippen MR) is 76.0 cm³/mol. The lowest BCUT2D eigenvalue weighted by Gasteiger charge is -2.31. The second kappa shape index (κ2) is 5.79. The van der Waals surface area contributed by atoms with E-state index in [-0.39, 0.29) is 17.9 Å². The van der Waals surface area contributed by atoms with E-state index in [2.05, 4.69) is 16.0 Å². The highest BCUT2D eigenvalue weighted by molar-refractivity contribution is 5.89. The zero-order chi connectivity index (χ0) is 13.9. The van der Waals surface area contributed by atoms with Gasteiger partial charge >= 0.3 is 6.03 Å². The van der Waals surface area contributed by atoms with Crippen molar-refractivity contribution in [2.24, 2.45) is 11.8 Å². The minimum Gasteiger partial charge on any atom is -0.335 e. The summed E-state index contributed by atoms with van der Waals surface area (Å²) < 4.78 is 13.0. The molecule has 2 fully saturated rings.